The van der Waals surface area contributed by atoms with E-state index in [0.29, 0.717) is 29.1 Å². The van der Waals surface area contributed by atoms with Gasteiger partial charge in [0.1, 0.15) is 11.8 Å². The third kappa shape index (κ3) is 10.2. The number of carbonyl (C=O) groups excluding carboxylic acids is 1. The fraction of sp³-hybridized carbons (Fsp3) is 0.333. The molecule has 7 rings (SSSR count). The predicted octanol–water partition coefficient (Wildman–Crippen LogP) is 0.220. The number of aromatic amines is 1. The molecule has 2 aromatic carbocycles. The van der Waals surface area contributed by atoms with E-state index in [9.17, 15) is 28.8 Å². The normalized spacial score (nSPS) is 13.3. The van der Waals surface area contributed by atoms with Gasteiger partial charge in [-0.1, -0.05) is 12.1 Å². The molecule has 5 heterocycles. The molecule has 0 saturated carbocycles. The number of amides is 1. The largest absolute Gasteiger partial charge is 0.495 e. The number of hydrogen-bond acceptors (Lipinski definition) is 15. The summed E-state index contributed by atoms with van der Waals surface area (Å²) >= 11 is 0. The first kappa shape index (κ1) is 43.0. The number of carboxylic acid groups (broad SMARTS) is 2. The summed E-state index contributed by atoms with van der Waals surface area (Å²) in [6.45, 7) is 5.40. The molecular weight excluding hydrogens is 795 g/mol. The minimum Gasteiger partial charge on any atom is -0.495 e. The number of hydrogen-bond donors (Lipinski definition) is 6. The zero-order chi connectivity index (χ0) is 43.8. The number of para-hydroxylation sites is 2. The van der Waals surface area contributed by atoms with E-state index >= 15 is 0 Å². The van der Waals surface area contributed by atoms with Gasteiger partial charge in [0.05, 0.1) is 37.6 Å². The maximum absolute atomic E-state index is 12.6. The first-order valence-corrected chi connectivity index (χ1v) is 19.1. The second-order valence-electron chi connectivity index (χ2n) is 14.0. The van der Waals surface area contributed by atoms with Gasteiger partial charge in [0.2, 0.25) is 5.95 Å². The lowest BCUT2D eigenvalue weighted by Crippen LogP contribution is -2.47. The fourth-order valence-corrected chi connectivity index (χ4v) is 6.67. The molecule has 0 radical (unpaired) electrons. The summed E-state index contributed by atoms with van der Waals surface area (Å²) in [5.74, 6) is -2.26. The van der Waals surface area contributed by atoms with E-state index in [0.717, 1.165) is 48.7 Å². The number of benzene rings is 2. The number of nitrogen functional groups attached to an aromatic ring is 1. The van der Waals surface area contributed by atoms with Crippen LogP contribution in [0.25, 0.3) is 22.3 Å². The van der Waals surface area contributed by atoms with E-state index in [1.54, 1.807) is 32.6 Å². The van der Waals surface area contributed by atoms with Crippen LogP contribution in [0.2, 0.25) is 0 Å². The van der Waals surface area contributed by atoms with Crippen LogP contribution in [-0.4, -0.2) is 117 Å². The van der Waals surface area contributed by atoms with Gasteiger partial charge in [-0.3, -0.25) is 38.2 Å². The minimum atomic E-state index is -1.31. The Labute approximate surface area is 346 Å². The molecular formula is C39H45N13O9. The summed E-state index contributed by atoms with van der Waals surface area (Å²) < 4.78 is 9.88. The summed E-state index contributed by atoms with van der Waals surface area (Å²) in [4.78, 5) is 94.2. The van der Waals surface area contributed by atoms with Gasteiger partial charge < -0.3 is 40.8 Å². The van der Waals surface area contributed by atoms with Gasteiger partial charge in [0.25, 0.3) is 17.0 Å². The smallest absolute Gasteiger partial charge is 0.332 e. The van der Waals surface area contributed by atoms with Crippen molar-refractivity contribution >= 4 is 57.5 Å². The number of aromatic nitrogens is 8. The number of aryl methyl sites for hydroxylation is 1. The summed E-state index contributed by atoms with van der Waals surface area (Å²) in [6, 6.07) is 12.9. The van der Waals surface area contributed by atoms with Gasteiger partial charge in [0.15, 0.2) is 22.3 Å². The lowest BCUT2D eigenvalue weighted by molar-refractivity contribution is -0.140. The van der Waals surface area contributed by atoms with Crippen molar-refractivity contribution in [2.45, 2.75) is 32.0 Å². The molecule has 1 fully saturated rings. The zero-order valence-electron chi connectivity index (χ0n) is 33.6. The predicted molar refractivity (Wildman–Crippen MR) is 224 cm³/mol. The van der Waals surface area contributed by atoms with E-state index in [4.69, 9.17) is 20.7 Å². The van der Waals surface area contributed by atoms with Gasteiger partial charge in [-0.2, -0.15) is 4.98 Å². The van der Waals surface area contributed by atoms with Gasteiger partial charge in [-0.15, -0.1) is 0 Å². The Hall–Kier alpha value is -7.62. The van der Waals surface area contributed by atoms with Crippen molar-refractivity contribution in [2.75, 3.05) is 55.8 Å². The Kier molecular flexibility index (Phi) is 13.4. The van der Waals surface area contributed by atoms with E-state index in [1.807, 2.05) is 22.8 Å². The highest BCUT2D eigenvalue weighted by Crippen LogP contribution is 2.28. The number of carboxylic acids is 2. The Morgan fingerprint density at radius 2 is 1.66 bits per heavy atom. The fourth-order valence-electron chi connectivity index (χ4n) is 6.67. The quantitative estimate of drug-likeness (QED) is 0.0855. The first-order chi connectivity index (χ1) is 29.2. The maximum Gasteiger partial charge on any atom is 0.332 e. The van der Waals surface area contributed by atoms with Crippen molar-refractivity contribution in [3.8, 4) is 5.75 Å². The molecule has 61 heavy (non-hydrogen) atoms. The number of aliphatic carboxylic acids is 2. The third-order valence-electron chi connectivity index (χ3n) is 10.0. The number of fused-ring (bicyclic) bond motifs is 2. The van der Waals surface area contributed by atoms with Crippen LogP contribution in [0.4, 0.5) is 17.3 Å². The van der Waals surface area contributed by atoms with Crippen molar-refractivity contribution < 1.29 is 29.3 Å². The van der Waals surface area contributed by atoms with Crippen molar-refractivity contribution in [1.82, 2.24) is 48.8 Å². The molecule has 6 aromatic rings. The number of anilines is 3. The van der Waals surface area contributed by atoms with Crippen molar-refractivity contribution in [3.63, 3.8) is 0 Å². The van der Waals surface area contributed by atoms with Crippen molar-refractivity contribution in [3.05, 3.63) is 104 Å². The number of carbonyl (C=O) groups is 3. The summed E-state index contributed by atoms with van der Waals surface area (Å²) in [5, 5.41) is 23.2. The average Bonchev–Trinajstić information content (AvgIpc) is 3.69. The molecule has 1 aliphatic heterocycles. The van der Waals surface area contributed by atoms with Crippen molar-refractivity contribution in [2.24, 2.45) is 14.1 Å². The van der Waals surface area contributed by atoms with Gasteiger partial charge in [0, 0.05) is 71.0 Å². The average molecular weight is 840 g/mol. The van der Waals surface area contributed by atoms with Gasteiger partial charge in [-0.05, 0) is 42.8 Å². The molecule has 320 valence electrons. The molecule has 22 heteroatoms. The molecule has 0 unspecified atom stereocenters. The Morgan fingerprint density at radius 3 is 2.34 bits per heavy atom. The van der Waals surface area contributed by atoms with Crippen LogP contribution in [0.1, 0.15) is 28.9 Å². The Morgan fingerprint density at radius 1 is 0.934 bits per heavy atom. The number of methoxy groups -OCH3 is 1. The lowest BCUT2D eigenvalue weighted by atomic mass is 10.1. The van der Waals surface area contributed by atoms with Crippen LogP contribution in [0.5, 0.6) is 5.75 Å². The highest BCUT2D eigenvalue weighted by atomic mass is 16.5. The molecule has 1 saturated heterocycles. The monoisotopic (exact) mass is 839 g/mol. The Balaban J connectivity index is 0.000000205. The first-order valence-electron chi connectivity index (χ1n) is 19.1. The van der Waals surface area contributed by atoms with Crippen LogP contribution in [0.3, 0.4) is 0 Å². The van der Waals surface area contributed by atoms with Gasteiger partial charge in [-0.25, -0.2) is 24.5 Å². The summed E-state index contributed by atoms with van der Waals surface area (Å²) in [6.07, 6.45) is 2.49. The maximum atomic E-state index is 12.6. The van der Waals surface area contributed by atoms with Crippen LogP contribution >= 0.6 is 0 Å². The summed E-state index contributed by atoms with van der Waals surface area (Å²) in [7, 11) is 4.83. The number of H-pyrrole nitrogens is 1. The number of nitrogens with two attached hydrogens (primary N) is 1. The van der Waals surface area contributed by atoms with E-state index < -0.39 is 29.4 Å². The second kappa shape index (κ2) is 19.0. The van der Waals surface area contributed by atoms with Crippen molar-refractivity contribution in [1.29, 1.82) is 0 Å². The molecule has 0 spiro atoms. The molecule has 7 N–H and O–H groups in total. The molecule has 22 nitrogen and oxygen atoms in total. The summed E-state index contributed by atoms with van der Waals surface area (Å²) in [5.41, 5.74) is 7.84. The molecule has 0 aliphatic carbocycles. The number of imidazole rings is 1. The molecule has 0 bridgehead atoms. The minimum absolute atomic E-state index is 0.0524. The van der Waals surface area contributed by atoms with Crippen LogP contribution < -0.4 is 42.8 Å². The topological polar surface area (TPSA) is 291 Å². The van der Waals surface area contributed by atoms with Crippen LogP contribution in [0, 0.1) is 0 Å². The highest BCUT2D eigenvalue weighted by molar-refractivity contribution is 5.97. The van der Waals surface area contributed by atoms with Crippen LogP contribution in [-0.2, 0) is 36.8 Å². The van der Waals surface area contributed by atoms with Gasteiger partial charge >= 0.3 is 17.6 Å². The number of nitrogens with one attached hydrogen (secondary N) is 3. The van der Waals surface area contributed by atoms with E-state index in [1.165, 1.54) is 29.9 Å². The van der Waals surface area contributed by atoms with E-state index in [-0.39, 0.29) is 53.3 Å². The zero-order valence-corrected chi connectivity index (χ0v) is 33.6. The second-order valence-corrected chi connectivity index (χ2v) is 14.0. The number of nitrogens with zero attached hydrogens (tertiary/aromatic N) is 9. The Bertz CT molecular complexity index is 2740. The molecule has 1 atom stereocenters. The van der Waals surface area contributed by atoms with E-state index in [2.05, 4.69) is 51.4 Å². The third-order valence-corrected chi connectivity index (χ3v) is 10.0. The molecule has 1 aliphatic rings. The number of ether oxygens (including phenoxy) is 1. The molecule has 1 amide bonds. The standard InChI is InChI=1S/C20H26N6O3.C19H19N7O6/c1-22-18-17(19(27)23(2)20(22)28)26(14-21-18)13-10-24-8-11-25(12-9-24)15-6-4-5-7-16(15)29-3;20-19-25-15-14(17(30)26-19)23-11(8-22-15)7-21-10-3-1-9(2-4-10)16(29)24-12(18(31)32)5-6-13(27)28/h4-7,14H,8-13H2,1-3H3;1-4,8,12,21H,5-7H2,(H,24,29)(H,27,28)(H,31,32)(H3,20,22,25,26,30)/t;12-/m.1/s1. The SMILES string of the molecule is COc1ccccc1N1CCN(CCn2cnc3c2c(=O)n(C)c(=O)n3C)CC1.Nc1nc2ncc(CNc3ccc(C(=O)N[C@H](CCC(=O)O)C(=O)O)cc3)nc2c(=O)[nH]1. The lowest BCUT2D eigenvalue weighted by Gasteiger charge is -2.36. The number of piperazine rings is 1. The number of rotatable bonds is 14. The molecule has 4 aromatic heterocycles. The highest BCUT2D eigenvalue weighted by Gasteiger charge is 2.23. The van der Waals surface area contributed by atoms with Crippen LogP contribution in [0.15, 0.2) is 75.4 Å².